The molecule has 0 saturated carbocycles. The van der Waals surface area contributed by atoms with Crippen molar-refractivity contribution in [3.8, 4) is 5.75 Å². The summed E-state index contributed by atoms with van der Waals surface area (Å²) in [4.78, 5) is 12.0. The molecule has 0 fully saturated rings. The highest BCUT2D eigenvalue weighted by Gasteiger charge is 2.35. The molecule has 0 bridgehead atoms. The van der Waals surface area contributed by atoms with Crippen LogP contribution in [0.25, 0.3) is 11.0 Å². The maximum Gasteiger partial charge on any atom is 0.449 e. The third-order valence-corrected chi connectivity index (χ3v) is 3.83. The summed E-state index contributed by atoms with van der Waals surface area (Å²) in [5, 5.41) is 0.108. The summed E-state index contributed by atoms with van der Waals surface area (Å²) in [6.45, 7) is 2.03. The summed E-state index contributed by atoms with van der Waals surface area (Å²) in [5.41, 5.74) is 0.567. The number of fused-ring (bicyclic) bond motifs is 1. The van der Waals surface area contributed by atoms with E-state index in [0.717, 1.165) is 5.56 Å². The van der Waals surface area contributed by atoms with E-state index in [1.54, 1.807) is 13.0 Å². The molecule has 0 atom stereocenters. The highest BCUT2D eigenvalue weighted by Crippen LogP contribution is 2.33. The second-order valence-corrected chi connectivity index (χ2v) is 5.52. The number of aryl methyl sites for hydroxylation is 1. The van der Waals surface area contributed by atoms with Gasteiger partial charge in [-0.1, -0.05) is 37.3 Å². The number of alkyl halides is 3. The van der Waals surface area contributed by atoms with Crippen LogP contribution < -0.4 is 10.2 Å². The molecular weight excluding hydrogens is 333 g/mol. The average Bonchev–Trinajstić information content (AvgIpc) is 2.59. The fourth-order valence-corrected chi connectivity index (χ4v) is 2.60. The van der Waals surface area contributed by atoms with Gasteiger partial charge < -0.3 is 9.15 Å². The molecule has 0 spiro atoms. The number of benzene rings is 2. The first-order chi connectivity index (χ1) is 11.9. The number of hydrogen-bond acceptors (Lipinski definition) is 3. The Labute approximate surface area is 141 Å². The van der Waals surface area contributed by atoms with E-state index in [0.29, 0.717) is 23.8 Å². The first kappa shape index (κ1) is 17.1. The minimum absolute atomic E-state index is 0.0760. The van der Waals surface area contributed by atoms with Crippen LogP contribution in [-0.2, 0) is 19.2 Å². The maximum absolute atomic E-state index is 12.9. The van der Waals surface area contributed by atoms with Crippen molar-refractivity contribution in [2.24, 2.45) is 0 Å². The first-order valence-electron chi connectivity index (χ1n) is 7.74. The molecular formula is C19H15F3O3. The number of halogens is 3. The smallest absolute Gasteiger partial charge is 0.449 e. The van der Waals surface area contributed by atoms with Crippen LogP contribution in [0.2, 0.25) is 0 Å². The van der Waals surface area contributed by atoms with E-state index >= 15 is 0 Å². The summed E-state index contributed by atoms with van der Waals surface area (Å²) in [6, 6.07) is 12.9. The maximum atomic E-state index is 12.9. The summed E-state index contributed by atoms with van der Waals surface area (Å²) < 4.78 is 49.6. The van der Waals surface area contributed by atoms with Crippen molar-refractivity contribution in [2.45, 2.75) is 26.1 Å². The van der Waals surface area contributed by atoms with E-state index in [1.807, 2.05) is 30.3 Å². The lowest BCUT2D eigenvalue weighted by Gasteiger charge is -2.13. The van der Waals surface area contributed by atoms with Gasteiger partial charge in [0.1, 0.15) is 17.9 Å². The summed E-state index contributed by atoms with van der Waals surface area (Å²) in [5.74, 6) is -0.902. The van der Waals surface area contributed by atoms with E-state index in [1.165, 1.54) is 6.07 Å². The van der Waals surface area contributed by atoms with Crippen molar-refractivity contribution in [1.82, 2.24) is 0 Å². The zero-order valence-electron chi connectivity index (χ0n) is 13.4. The first-order valence-corrected chi connectivity index (χ1v) is 7.74. The molecule has 0 unspecified atom stereocenters. The summed E-state index contributed by atoms with van der Waals surface area (Å²) >= 11 is 0. The van der Waals surface area contributed by atoms with E-state index < -0.39 is 17.4 Å². The molecule has 1 heterocycles. The SMILES string of the molecule is CCc1c(OCc2ccccc2)ccc2c(=O)cc(C(F)(F)F)oc12. The molecule has 0 aliphatic carbocycles. The Balaban J connectivity index is 2.06. The Morgan fingerprint density at radius 1 is 1.08 bits per heavy atom. The standard InChI is InChI=1S/C19H15F3O3/c1-2-13-16(24-11-12-6-4-3-5-7-12)9-8-14-15(23)10-17(19(20,21)22)25-18(13)14/h3-10H,2,11H2,1H3. The normalized spacial score (nSPS) is 11.7. The average molecular weight is 348 g/mol. The summed E-state index contributed by atoms with van der Waals surface area (Å²) in [7, 11) is 0. The Morgan fingerprint density at radius 3 is 2.44 bits per heavy atom. The molecule has 0 aliphatic rings. The molecule has 3 aromatic rings. The van der Waals surface area contributed by atoms with Gasteiger partial charge in [-0.2, -0.15) is 13.2 Å². The molecule has 0 amide bonds. The van der Waals surface area contributed by atoms with E-state index in [9.17, 15) is 18.0 Å². The molecule has 2 aromatic carbocycles. The molecule has 3 rings (SSSR count). The quantitative estimate of drug-likeness (QED) is 0.669. The third-order valence-electron chi connectivity index (χ3n) is 3.83. The van der Waals surface area contributed by atoms with Crippen LogP contribution in [0.1, 0.15) is 23.8 Å². The van der Waals surface area contributed by atoms with E-state index in [2.05, 4.69) is 0 Å². The third kappa shape index (κ3) is 3.52. The van der Waals surface area contributed by atoms with Crippen molar-refractivity contribution in [1.29, 1.82) is 0 Å². The van der Waals surface area contributed by atoms with E-state index in [-0.39, 0.29) is 17.6 Å². The van der Waals surface area contributed by atoms with Gasteiger partial charge in [0.25, 0.3) is 0 Å². The number of ether oxygens (including phenoxy) is 1. The molecule has 0 radical (unpaired) electrons. The minimum atomic E-state index is -4.72. The molecule has 0 saturated heterocycles. The lowest BCUT2D eigenvalue weighted by molar-refractivity contribution is -0.152. The van der Waals surface area contributed by atoms with Crippen LogP contribution in [0.15, 0.2) is 57.7 Å². The molecule has 130 valence electrons. The second-order valence-electron chi connectivity index (χ2n) is 5.52. The Hall–Kier alpha value is -2.76. The lowest BCUT2D eigenvalue weighted by atomic mass is 10.1. The Kier molecular flexibility index (Phi) is 4.53. The predicted octanol–water partition coefficient (Wildman–Crippen LogP) is 4.95. The fraction of sp³-hybridized carbons (Fsp3) is 0.211. The van der Waals surface area contributed by atoms with Crippen LogP contribution in [0.4, 0.5) is 13.2 Å². The van der Waals surface area contributed by atoms with Gasteiger partial charge in [0.2, 0.25) is 5.76 Å². The highest BCUT2D eigenvalue weighted by atomic mass is 19.4. The van der Waals surface area contributed by atoms with Crippen molar-refractivity contribution < 1.29 is 22.3 Å². The van der Waals surface area contributed by atoms with Gasteiger partial charge in [0.15, 0.2) is 5.43 Å². The second kappa shape index (κ2) is 6.63. The van der Waals surface area contributed by atoms with Crippen molar-refractivity contribution in [3.63, 3.8) is 0 Å². The topological polar surface area (TPSA) is 39.4 Å². The molecule has 0 aliphatic heterocycles. The lowest BCUT2D eigenvalue weighted by Crippen LogP contribution is -2.12. The van der Waals surface area contributed by atoms with Gasteiger partial charge in [0, 0.05) is 11.6 Å². The highest BCUT2D eigenvalue weighted by molar-refractivity contribution is 5.82. The van der Waals surface area contributed by atoms with Gasteiger partial charge in [0.05, 0.1) is 5.39 Å². The van der Waals surface area contributed by atoms with Crippen LogP contribution in [0.3, 0.4) is 0 Å². The molecule has 3 nitrogen and oxygen atoms in total. The van der Waals surface area contributed by atoms with Crippen molar-refractivity contribution in [3.05, 3.63) is 75.6 Å². The summed E-state index contributed by atoms with van der Waals surface area (Å²) in [6.07, 6.45) is -4.36. The van der Waals surface area contributed by atoms with Crippen LogP contribution in [0, 0.1) is 0 Å². The van der Waals surface area contributed by atoms with E-state index in [4.69, 9.17) is 9.15 Å². The zero-order chi connectivity index (χ0) is 18.0. The Bertz CT molecular complexity index is 944. The molecule has 6 heteroatoms. The van der Waals surface area contributed by atoms with Gasteiger partial charge in [-0.05, 0) is 24.1 Å². The molecule has 0 N–H and O–H groups in total. The zero-order valence-corrected chi connectivity index (χ0v) is 13.4. The Morgan fingerprint density at radius 2 is 1.80 bits per heavy atom. The van der Waals surface area contributed by atoms with Gasteiger partial charge in [-0.15, -0.1) is 0 Å². The van der Waals surface area contributed by atoms with Gasteiger partial charge >= 0.3 is 6.18 Å². The van der Waals surface area contributed by atoms with Crippen LogP contribution in [0.5, 0.6) is 5.75 Å². The molecule has 25 heavy (non-hydrogen) atoms. The predicted molar refractivity (Wildman–Crippen MR) is 87.6 cm³/mol. The largest absolute Gasteiger partial charge is 0.488 e. The van der Waals surface area contributed by atoms with Crippen LogP contribution >= 0.6 is 0 Å². The van der Waals surface area contributed by atoms with Crippen LogP contribution in [-0.4, -0.2) is 0 Å². The number of hydrogen-bond donors (Lipinski definition) is 0. The minimum Gasteiger partial charge on any atom is -0.488 e. The van der Waals surface area contributed by atoms with Gasteiger partial charge in [-0.25, -0.2) is 0 Å². The van der Waals surface area contributed by atoms with Crippen molar-refractivity contribution in [2.75, 3.05) is 0 Å². The monoisotopic (exact) mass is 348 g/mol. The van der Waals surface area contributed by atoms with Gasteiger partial charge in [-0.3, -0.25) is 4.79 Å². The fourth-order valence-electron chi connectivity index (χ4n) is 2.60. The molecule has 1 aromatic heterocycles. The number of rotatable bonds is 4. The van der Waals surface area contributed by atoms with Crippen molar-refractivity contribution >= 4 is 11.0 Å².